The number of hydrogen-bond acceptors (Lipinski definition) is 4. The minimum Gasteiger partial charge on any atom is -0.466 e. The van der Waals surface area contributed by atoms with E-state index < -0.39 is 0 Å². The maximum atomic E-state index is 12.2. The van der Waals surface area contributed by atoms with E-state index in [1.807, 2.05) is 6.92 Å². The average Bonchev–Trinajstić information content (AvgIpc) is 2.78. The molecule has 3 atom stereocenters. The fraction of sp³-hybridized carbons (Fsp3) is 0.667. The molecule has 0 spiro atoms. The van der Waals surface area contributed by atoms with E-state index in [0.29, 0.717) is 19.1 Å². The van der Waals surface area contributed by atoms with Crippen molar-refractivity contribution in [2.45, 2.75) is 52.6 Å². The summed E-state index contributed by atoms with van der Waals surface area (Å²) in [5, 5.41) is 3.43. The molecule has 3 unspecified atom stereocenters. The third-order valence-electron chi connectivity index (χ3n) is 6.00. The molecular formula is C24H38IN3O3. The third-order valence-corrected chi connectivity index (χ3v) is 6.00. The minimum atomic E-state index is -0.0850. The topological polar surface area (TPSA) is 63.2 Å². The molecule has 1 N–H and O–H groups in total. The SMILES string of the molecule is CCNC(=NCC1CCCOC1c1ccc(C)cc1)N1CCCC(C(=O)OCC)C1.I. The number of benzene rings is 1. The van der Waals surface area contributed by atoms with Gasteiger partial charge < -0.3 is 19.7 Å². The number of carbonyl (C=O) groups is 1. The normalized spacial score (nSPS) is 24.3. The Hall–Kier alpha value is -1.35. The summed E-state index contributed by atoms with van der Waals surface area (Å²) in [6.07, 6.45) is 4.16. The molecule has 0 amide bonds. The predicted octanol–water partition coefficient (Wildman–Crippen LogP) is 4.32. The number of nitrogens with zero attached hydrogens (tertiary/aromatic N) is 2. The first-order valence-electron chi connectivity index (χ1n) is 11.5. The summed E-state index contributed by atoms with van der Waals surface area (Å²) >= 11 is 0. The number of carbonyl (C=O) groups excluding carboxylic acids is 1. The zero-order valence-corrected chi connectivity index (χ0v) is 21.5. The summed E-state index contributed by atoms with van der Waals surface area (Å²) in [5.74, 6) is 1.11. The number of likely N-dealkylation sites (tertiary alicyclic amines) is 1. The molecule has 2 aliphatic heterocycles. The molecular weight excluding hydrogens is 505 g/mol. The molecule has 1 aromatic rings. The molecule has 31 heavy (non-hydrogen) atoms. The monoisotopic (exact) mass is 543 g/mol. The number of guanidine groups is 1. The Morgan fingerprint density at radius 3 is 2.71 bits per heavy atom. The summed E-state index contributed by atoms with van der Waals surface area (Å²) in [6.45, 7) is 10.4. The zero-order valence-electron chi connectivity index (χ0n) is 19.1. The van der Waals surface area contributed by atoms with Crippen LogP contribution in [-0.4, -0.2) is 56.2 Å². The van der Waals surface area contributed by atoms with Crippen molar-refractivity contribution in [2.75, 3.05) is 39.4 Å². The highest BCUT2D eigenvalue weighted by Crippen LogP contribution is 2.34. The predicted molar refractivity (Wildman–Crippen MR) is 135 cm³/mol. The van der Waals surface area contributed by atoms with Crippen molar-refractivity contribution < 1.29 is 14.3 Å². The van der Waals surface area contributed by atoms with Gasteiger partial charge in [0.2, 0.25) is 0 Å². The molecule has 7 heteroatoms. The van der Waals surface area contributed by atoms with Gasteiger partial charge in [0, 0.05) is 38.7 Å². The molecule has 6 nitrogen and oxygen atoms in total. The molecule has 0 saturated carbocycles. The highest BCUT2D eigenvalue weighted by atomic mass is 127. The van der Waals surface area contributed by atoms with Crippen LogP contribution in [0.25, 0.3) is 0 Å². The number of aliphatic imine (C=N–C) groups is 1. The fourth-order valence-electron chi connectivity index (χ4n) is 4.41. The van der Waals surface area contributed by atoms with Gasteiger partial charge in [-0.3, -0.25) is 9.79 Å². The van der Waals surface area contributed by atoms with E-state index in [0.717, 1.165) is 57.9 Å². The van der Waals surface area contributed by atoms with Gasteiger partial charge in [-0.15, -0.1) is 24.0 Å². The lowest BCUT2D eigenvalue weighted by Crippen LogP contribution is -2.48. The smallest absolute Gasteiger partial charge is 0.310 e. The summed E-state index contributed by atoms with van der Waals surface area (Å²) in [5.41, 5.74) is 2.51. The molecule has 2 fully saturated rings. The van der Waals surface area contributed by atoms with E-state index >= 15 is 0 Å². The van der Waals surface area contributed by atoms with Gasteiger partial charge in [-0.2, -0.15) is 0 Å². The van der Waals surface area contributed by atoms with Gasteiger partial charge in [0.25, 0.3) is 0 Å². The molecule has 1 aromatic carbocycles. The highest BCUT2D eigenvalue weighted by Gasteiger charge is 2.30. The van der Waals surface area contributed by atoms with Crippen LogP contribution in [-0.2, 0) is 14.3 Å². The third kappa shape index (κ3) is 7.34. The maximum Gasteiger partial charge on any atom is 0.310 e. The van der Waals surface area contributed by atoms with Crippen LogP contribution >= 0.6 is 24.0 Å². The second kappa shape index (κ2) is 13.3. The number of aryl methyl sites for hydroxylation is 1. The molecule has 0 bridgehead atoms. The second-order valence-corrected chi connectivity index (χ2v) is 8.34. The van der Waals surface area contributed by atoms with Crippen LogP contribution in [0, 0.1) is 18.8 Å². The largest absolute Gasteiger partial charge is 0.466 e. The lowest BCUT2D eigenvalue weighted by molar-refractivity contribution is -0.149. The van der Waals surface area contributed by atoms with Crippen molar-refractivity contribution in [1.82, 2.24) is 10.2 Å². The number of rotatable bonds is 6. The Balaban J connectivity index is 0.00000341. The van der Waals surface area contributed by atoms with Crippen LogP contribution in [0.2, 0.25) is 0 Å². The van der Waals surface area contributed by atoms with Gasteiger partial charge >= 0.3 is 5.97 Å². The number of piperidine rings is 1. The number of ether oxygens (including phenoxy) is 2. The molecule has 0 radical (unpaired) electrons. The first-order chi connectivity index (χ1) is 14.6. The Morgan fingerprint density at radius 2 is 2.00 bits per heavy atom. The van der Waals surface area contributed by atoms with E-state index in [-0.39, 0.29) is 42.0 Å². The van der Waals surface area contributed by atoms with Gasteiger partial charge in [0.05, 0.1) is 18.6 Å². The van der Waals surface area contributed by atoms with E-state index in [1.54, 1.807) is 0 Å². The first-order valence-corrected chi connectivity index (χ1v) is 11.5. The fourth-order valence-corrected chi connectivity index (χ4v) is 4.41. The summed E-state index contributed by atoms with van der Waals surface area (Å²) < 4.78 is 11.4. The Bertz CT molecular complexity index is 711. The molecule has 2 saturated heterocycles. The summed E-state index contributed by atoms with van der Waals surface area (Å²) in [7, 11) is 0. The van der Waals surface area contributed by atoms with Gasteiger partial charge in [0.1, 0.15) is 0 Å². The van der Waals surface area contributed by atoms with Crippen molar-refractivity contribution >= 4 is 35.9 Å². The number of halogens is 1. The zero-order chi connectivity index (χ0) is 21.3. The molecule has 2 aliphatic rings. The number of hydrogen-bond donors (Lipinski definition) is 1. The van der Waals surface area contributed by atoms with Crippen LogP contribution in [0.5, 0.6) is 0 Å². The molecule has 174 valence electrons. The van der Waals surface area contributed by atoms with Crippen LogP contribution in [0.1, 0.15) is 56.8 Å². The van der Waals surface area contributed by atoms with Crippen LogP contribution in [0.3, 0.4) is 0 Å². The Morgan fingerprint density at radius 1 is 1.23 bits per heavy atom. The van der Waals surface area contributed by atoms with E-state index in [1.165, 1.54) is 11.1 Å². The van der Waals surface area contributed by atoms with Crippen molar-refractivity contribution in [3.05, 3.63) is 35.4 Å². The first kappa shape index (κ1) is 25.9. The molecule has 0 aliphatic carbocycles. The van der Waals surface area contributed by atoms with E-state index in [9.17, 15) is 4.79 Å². The van der Waals surface area contributed by atoms with Crippen molar-refractivity contribution in [3.8, 4) is 0 Å². The lowest BCUT2D eigenvalue weighted by Gasteiger charge is -2.35. The van der Waals surface area contributed by atoms with Gasteiger partial charge in [0.15, 0.2) is 5.96 Å². The summed E-state index contributed by atoms with van der Waals surface area (Å²) in [4.78, 5) is 19.4. The highest BCUT2D eigenvalue weighted by molar-refractivity contribution is 14.0. The van der Waals surface area contributed by atoms with Crippen LogP contribution < -0.4 is 5.32 Å². The van der Waals surface area contributed by atoms with E-state index in [4.69, 9.17) is 14.5 Å². The second-order valence-electron chi connectivity index (χ2n) is 8.34. The standard InChI is InChI=1S/C24H37N3O3.HI/c1-4-25-24(27-14-6-8-21(17-27)23(28)29-5-2)26-16-20-9-7-15-30-22(20)19-12-10-18(3)11-13-19;/h10-13,20-22H,4-9,14-17H2,1-3H3,(H,25,26);1H. The van der Waals surface area contributed by atoms with Gasteiger partial charge in [-0.25, -0.2) is 0 Å². The molecule has 0 aromatic heterocycles. The lowest BCUT2D eigenvalue weighted by atomic mass is 9.89. The van der Waals surface area contributed by atoms with Crippen LogP contribution in [0.4, 0.5) is 0 Å². The van der Waals surface area contributed by atoms with Crippen molar-refractivity contribution in [1.29, 1.82) is 0 Å². The maximum absolute atomic E-state index is 12.2. The van der Waals surface area contributed by atoms with Crippen molar-refractivity contribution in [2.24, 2.45) is 16.8 Å². The Kier molecular flexibility index (Phi) is 11.1. The van der Waals surface area contributed by atoms with Crippen LogP contribution in [0.15, 0.2) is 29.3 Å². The van der Waals surface area contributed by atoms with Crippen molar-refractivity contribution in [3.63, 3.8) is 0 Å². The van der Waals surface area contributed by atoms with Gasteiger partial charge in [-0.05, 0) is 52.0 Å². The Labute approximate surface area is 204 Å². The minimum absolute atomic E-state index is 0. The van der Waals surface area contributed by atoms with Gasteiger partial charge in [-0.1, -0.05) is 29.8 Å². The number of esters is 1. The average molecular weight is 543 g/mol. The van der Waals surface area contributed by atoms with E-state index in [2.05, 4.69) is 48.3 Å². The molecule has 2 heterocycles. The molecule has 3 rings (SSSR count). The quantitative estimate of drug-likeness (QED) is 0.251. The summed E-state index contributed by atoms with van der Waals surface area (Å²) in [6, 6.07) is 8.67. The number of nitrogens with one attached hydrogen (secondary N) is 1.